The van der Waals surface area contributed by atoms with E-state index in [1.807, 2.05) is 47.4 Å². The van der Waals surface area contributed by atoms with E-state index < -0.39 is 0 Å². The van der Waals surface area contributed by atoms with E-state index in [1.165, 1.54) is 12.1 Å². The first-order chi connectivity index (χ1) is 10.2. The van der Waals surface area contributed by atoms with E-state index in [4.69, 9.17) is 5.73 Å². The summed E-state index contributed by atoms with van der Waals surface area (Å²) in [7, 11) is 0. The van der Waals surface area contributed by atoms with Crippen molar-refractivity contribution in [2.75, 3.05) is 5.73 Å². The van der Waals surface area contributed by atoms with Crippen LogP contribution in [-0.4, -0.2) is 9.78 Å². The normalized spacial score (nSPS) is 10.7. The van der Waals surface area contributed by atoms with Crippen LogP contribution in [0.2, 0.25) is 0 Å². The van der Waals surface area contributed by atoms with Crippen molar-refractivity contribution < 1.29 is 4.39 Å². The van der Waals surface area contributed by atoms with Crippen molar-refractivity contribution in [2.24, 2.45) is 0 Å². The van der Waals surface area contributed by atoms with Gasteiger partial charge in [0.25, 0.3) is 0 Å². The number of anilines is 1. The predicted octanol–water partition coefficient (Wildman–Crippen LogP) is 3.89. The van der Waals surface area contributed by atoms with Crippen LogP contribution in [-0.2, 0) is 5.75 Å². The quantitative estimate of drug-likeness (QED) is 0.587. The molecule has 3 rings (SSSR count). The SMILES string of the molecule is Nc1cc(F)ccc1SCc1cnn(-c2ccccc2)c1. The van der Waals surface area contributed by atoms with Crippen molar-refractivity contribution in [3.05, 3.63) is 72.3 Å². The Kier molecular flexibility index (Phi) is 3.92. The third-order valence-electron chi connectivity index (χ3n) is 3.02. The number of nitrogens with zero attached hydrogens (tertiary/aromatic N) is 2. The fourth-order valence-electron chi connectivity index (χ4n) is 1.97. The van der Waals surface area contributed by atoms with Crippen LogP contribution < -0.4 is 5.73 Å². The molecule has 0 saturated heterocycles. The number of thioether (sulfide) groups is 1. The van der Waals surface area contributed by atoms with E-state index in [1.54, 1.807) is 17.8 Å². The zero-order valence-electron chi connectivity index (χ0n) is 11.2. The second-order valence-electron chi connectivity index (χ2n) is 4.60. The molecule has 5 heteroatoms. The predicted molar refractivity (Wildman–Crippen MR) is 83.9 cm³/mol. The maximum absolute atomic E-state index is 13.0. The first-order valence-electron chi connectivity index (χ1n) is 6.49. The van der Waals surface area contributed by atoms with Crippen molar-refractivity contribution in [1.29, 1.82) is 0 Å². The van der Waals surface area contributed by atoms with E-state index >= 15 is 0 Å². The fraction of sp³-hybridized carbons (Fsp3) is 0.0625. The summed E-state index contributed by atoms with van der Waals surface area (Å²) in [5, 5.41) is 4.35. The van der Waals surface area contributed by atoms with Crippen molar-refractivity contribution in [3.63, 3.8) is 0 Å². The molecule has 106 valence electrons. The number of benzene rings is 2. The zero-order chi connectivity index (χ0) is 14.7. The monoisotopic (exact) mass is 299 g/mol. The van der Waals surface area contributed by atoms with Crippen LogP contribution in [0.3, 0.4) is 0 Å². The number of para-hydroxylation sites is 1. The Hall–Kier alpha value is -2.27. The van der Waals surface area contributed by atoms with Crippen molar-refractivity contribution >= 4 is 17.4 Å². The average molecular weight is 299 g/mol. The molecule has 0 unspecified atom stereocenters. The summed E-state index contributed by atoms with van der Waals surface area (Å²) in [5.74, 6) is 0.427. The zero-order valence-corrected chi connectivity index (χ0v) is 12.1. The van der Waals surface area contributed by atoms with Crippen LogP contribution in [0.15, 0.2) is 65.8 Å². The topological polar surface area (TPSA) is 43.8 Å². The molecule has 0 aliphatic heterocycles. The second-order valence-corrected chi connectivity index (χ2v) is 5.62. The highest BCUT2D eigenvalue weighted by atomic mass is 32.2. The van der Waals surface area contributed by atoms with Gasteiger partial charge in [0.05, 0.1) is 11.9 Å². The van der Waals surface area contributed by atoms with Gasteiger partial charge in [-0.05, 0) is 30.3 Å². The molecule has 0 aliphatic carbocycles. The third-order valence-corrected chi connectivity index (χ3v) is 4.18. The van der Waals surface area contributed by atoms with Gasteiger partial charge in [-0.25, -0.2) is 9.07 Å². The molecular weight excluding hydrogens is 285 g/mol. The maximum Gasteiger partial charge on any atom is 0.125 e. The summed E-state index contributed by atoms with van der Waals surface area (Å²) in [4.78, 5) is 0.879. The fourth-order valence-corrected chi connectivity index (χ4v) is 2.83. The van der Waals surface area contributed by atoms with Crippen LogP contribution in [0.25, 0.3) is 5.69 Å². The van der Waals surface area contributed by atoms with E-state index in [0.717, 1.165) is 21.9 Å². The Morgan fingerprint density at radius 3 is 2.71 bits per heavy atom. The van der Waals surface area contributed by atoms with E-state index in [-0.39, 0.29) is 5.82 Å². The molecule has 1 aromatic heterocycles. The third kappa shape index (κ3) is 3.25. The standard InChI is InChI=1S/C16H14FN3S/c17-13-6-7-16(15(18)8-13)21-11-12-9-19-20(10-12)14-4-2-1-3-5-14/h1-10H,11,18H2. The Morgan fingerprint density at radius 1 is 1.14 bits per heavy atom. The minimum atomic E-state index is -0.311. The molecular formula is C16H14FN3S. The minimum Gasteiger partial charge on any atom is -0.398 e. The highest BCUT2D eigenvalue weighted by Crippen LogP contribution is 2.28. The number of nitrogens with two attached hydrogens (primary N) is 1. The number of hydrogen-bond donors (Lipinski definition) is 1. The molecule has 3 nitrogen and oxygen atoms in total. The summed E-state index contributed by atoms with van der Waals surface area (Å²) in [6.45, 7) is 0. The first kappa shape index (κ1) is 13.7. The number of rotatable bonds is 4. The largest absolute Gasteiger partial charge is 0.398 e. The molecule has 0 bridgehead atoms. The Bertz CT molecular complexity index is 740. The minimum absolute atomic E-state index is 0.311. The number of hydrogen-bond acceptors (Lipinski definition) is 3. The Balaban J connectivity index is 1.70. The number of aromatic nitrogens is 2. The van der Waals surface area contributed by atoms with Crippen molar-refractivity contribution in [3.8, 4) is 5.69 Å². The van der Waals surface area contributed by atoms with E-state index in [2.05, 4.69) is 5.10 Å². The summed E-state index contributed by atoms with van der Waals surface area (Å²) in [6, 6.07) is 14.4. The van der Waals surface area contributed by atoms with Crippen LogP contribution in [0.4, 0.5) is 10.1 Å². The lowest BCUT2D eigenvalue weighted by Gasteiger charge is -2.04. The summed E-state index contributed by atoms with van der Waals surface area (Å²) < 4.78 is 14.8. The molecule has 0 saturated carbocycles. The van der Waals surface area contributed by atoms with E-state index in [0.29, 0.717) is 5.69 Å². The van der Waals surface area contributed by atoms with Gasteiger partial charge >= 0.3 is 0 Å². The van der Waals surface area contributed by atoms with Gasteiger partial charge in [0.1, 0.15) is 5.82 Å². The number of halogens is 1. The molecule has 0 fully saturated rings. The summed E-state index contributed by atoms with van der Waals surface area (Å²) in [5.41, 5.74) is 8.38. The van der Waals surface area contributed by atoms with Gasteiger partial charge in [-0.1, -0.05) is 18.2 Å². The molecule has 3 aromatic rings. The van der Waals surface area contributed by atoms with Crippen LogP contribution in [0, 0.1) is 5.82 Å². The highest BCUT2D eigenvalue weighted by molar-refractivity contribution is 7.98. The van der Waals surface area contributed by atoms with Gasteiger partial charge in [0.15, 0.2) is 0 Å². The molecule has 0 atom stereocenters. The molecule has 1 heterocycles. The maximum atomic E-state index is 13.0. The summed E-state index contributed by atoms with van der Waals surface area (Å²) in [6.07, 6.45) is 3.82. The molecule has 0 spiro atoms. The second kappa shape index (κ2) is 6.01. The molecule has 2 aromatic carbocycles. The average Bonchev–Trinajstić information content (AvgIpc) is 2.96. The lowest BCUT2D eigenvalue weighted by Crippen LogP contribution is -1.92. The van der Waals surface area contributed by atoms with Gasteiger partial charge in [0.2, 0.25) is 0 Å². The van der Waals surface area contributed by atoms with Gasteiger partial charge in [-0.15, -0.1) is 11.8 Å². The molecule has 0 aliphatic rings. The lowest BCUT2D eigenvalue weighted by atomic mass is 10.3. The molecule has 2 N–H and O–H groups in total. The first-order valence-corrected chi connectivity index (χ1v) is 7.48. The van der Waals surface area contributed by atoms with E-state index in [9.17, 15) is 4.39 Å². The van der Waals surface area contributed by atoms with Crippen LogP contribution >= 0.6 is 11.8 Å². The van der Waals surface area contributed by atoms with Gasteiger partial charge in [0, 0.05) is 28.1 Å². The van der Waals surface area contributed by atoms with Gasteiger partial charge in [-0.3, -0.25) is 0 Å². The molecule has 0 amide bonds. The highest BCUT2D eigenvalue weighted by Gasteiger charge is 2.05. The smallest absolute Gasteiger partial charge is 0.125 e. The van der Waals surface area contributed by atoms with Crippen molar-refractivity contribution in [2.45, 2.75) is 10.6 Å². The summed E-state index contributed by atoms with van der Waals surface area (Å²) >= 11 is 1.57. The molecule has 21 heavy (non-hydrogen) atoms. The Morgan fingerprint density at radius 2 is 1.95 bits per heavy atom. The number of nitrogen functional groups attached to an aromatic ring is 1. The Labute approximate surface area is 126 Å². The van der Waals surface area contributed by atoms with Crippen LogP contribution in [0.1, 0.15) is 5.56 Å². The van der Waals surface area contributed by atoms with Gasteiger partial charge in [-0.2, -0.15) is 5.10 Å². The molecule has 0 radical (unpaired) electrons. The van der Waals surface area contributed by atoms with Crippen molar-refractivity contribution in [1.82, 2.24) is 9.78 Å². The lowest BCUT2D eigenvalue weighted by molar-refractivity contribution is 0.627. The van der Waals surface area contributed by atoms with Gasteiger partial charge < -0.3 is 5.73 Å². The van der Waals surface area contributed by atoms with Crippen LogP contribution in [0.5, 0.6) is 0 Å².